The molecule has 2 bridgehead atoms. The van der Waals surface area contributed by atoms with Crippen LogP contribution in [0.2, 0.25) is 0 Å². The van der Waals surface area contributed by atoms with E-state index in [0.29, 0.717) is 11.5 Å². The van der Waals surface area contributed by atoms with Gasteiger partial charge in [0.2, 0.25) is 0 Å². The van der Waals surface area contributed by atoms with Crippen LogP contribution in [0.3, 0.4) is 0 Å². The second kappa shape index (κ2) is 4.39. The van der Waals surface area contributed by atoms with Crippen molar-refractivity contribution in [3.05, 3.63) is 35.9 Å². The van der Waals surface area contributed by atoms with Gasteiger partial charge in [0.25, 0.3) is 0 Å². The summed E-state index contributed by atoms with van der Waals surface area (Å²) >= 11 is 0. The second-order valence-electron chi connectivity index (χ2n) is 5.90. The first-order chi connectivity index (χ1) is 8.66. The summed E-state index contributed by atoms with van der Waals surface area (Å²) < 4.78 is 6.79. The Bertz CT molecular complexity index is 435. The highest BCUT2D eigenvalue weighted by Gasteiger charge is 2.45. The number of esters is 1. The summed E-state index contributed by atoms with van der Waals surface area (Å²) in [4.78, 5) is 12.1. The number of fused-ring (bicyclic) bond motifs is 3. The molecule has 3 nitrogen and oxygen atoms in total. The molecule has 3 aliphatic heterocycles. The van der Waals surface area contributed by atoms with Gasteiger partial charge in [0.05, 0.1) is 25.7 Å². The molecule has 18 heavy (non-hydrogen) atoms. The number of quaternary nitrogens is 1. The lowest BCUT2D eigenvalue weighted by atomic mass is 9.84. The maximum absolute atomic E-state index is 12.1. The minimum atomic E-state index is -0.166. The summed E-state index contributed by atoms with van der Waals surface area (Å²) in [6, 6.07) is 9.30. The first-order valence-corrected chi connectivity index (χ1v) is 6.76. The molecule has 0 radical (unpaired) electrons. The zero-order chi connectivity index (χ0) is 12.6. The van der Waals surface area contributed by atoms with Gasteiger partial charge in [0.1, 0.15) is 6.54 Å². The largest absolute Gasteiger partial charge is 0.452 e. The molecule has 1 atom stereocenters. The van der Waals surface area contributed by atoms with Crippen LogP contribution < -0.4 is 0 Å². The molecule has 0 aromatic heterocycles. The van der Waals surface area contributed by atoms with E-state index in [0.717, 1.165) is 11.0 Å². The van der Waals surface area contributed by atoms with Crippen LogP contribution in [0.25, 0.3) is 0 Å². The smallest absolute Gasteiger partial charge is 0.338 e. The molecule has 0 unspecified atom stereocenters. The summed E-state index contributed by atoms with van der Waals surface area (Å²) in [7, 11) is 2.28. The Morgan fingerprint density at radius 2 is 1.89 bits per heavy atom. The van der Waals surface area contributed by atoms with Gasteiger partial charge in [-0.25, -0.2) is 4.79 Å². The maximum Gasteiger partial charge on any atom is 0.338 e. The quantitative estimate of drug-likeness (QED) is 0.590. The Morgan fingerprint density at radius 1 is 1.22 bits per heavy atom. The van der Waals surface area contributed by atoms with E-state index >= 15 is 0 Å². The monoisotopic (exact) mass is 246 g/mol. The molecule has 3 heteroatoms. The van der Waals surface area contributed by atoms with Crippen LogP contribution in [-0.4, -0.2) is 43.2 Å². The van der Waals surface area contributed by atoms with Crippen molar-refractivity contribution >= 4 is 5.97 Å². The van der Waals surface area contributed by atoms with E-state index in [1.807, 2.05) is 30.3 Å². The molecule has 96 valence electrons. The van der Waals surface area contributed by atoms with E-state index in [1.54, 1.807) is 0 Å². The lowest BCUT2D eigenvalue weighted by molar-refractivity contribution is -0.928. The summed E-state index contributed by atoms with van der Waals surface area (Å²) in [5.74, 6) is 0.415. The van der Waals surface area contributed by atoms with E-state index in [2.05, 4.69) is 7.05 Å². The van der Waals surface area contributed by atoms with Crippen LogP contribution in [0, 0.1) is 5.92 Å². The standard InChI is InChI=1S/C15H20NO2/c1-16-9-7-12(8-10-16)14(11-16)18-15(17)13-5-3-2-4-6-13/h2-6,12,14H,7-11H2,1H3/q+1/t12?,14-,16?/m0/s1. The first kappa shape index (κ1) is 11.7. The van der Waals surface area contributed by atoms with E-state index < -0.39 is 0 Å². The SMILES string of the molecule is C[N+]12CCC(CC1)[C@@H](OC(=O)c1ccccc1)C2. The number of piperidine rings is 3. The number of nitrogens with zero attached hydrogens (tertiary/aromatic N) is 1. The van der Waals surface area contributed by atoms with Crippen LogP contribution in [0.1, 0.15) is 23.2 Å². The molecule has 0 amide bonds. The Kier molecular flexibility index (Phi) is 2.86. The van der Waals surface area contributed by atoms with Crippen molar-refractivity contribution in [2.24, 2.45) is 5.92 Å². The fraction of sp³-hybridized carbons (Fsp3) is 0.533. The van der Waals surface area contributed by atoms with Crippen molar-refractivity contribution in [2.45, 2.75) is 18.9 Å². The summed E-state index contributed by atoms with van der Waals surface area (Å²) in [5.41, 5.74) is 0.664. The number of hydrogen-bond acceptors (Lipinski definition) is 2. The van der Waals surface area contributed by atoms with Crippen molar-refractivity contribution in [2.75, 3.05) is 26.7 Å². The molecule has 3 fully saturated rings. The molecular weight excluding hydrogens is 226 g/mol. The lowest BCUT2D eigenvalue weighted by Gasteiger charge is -2.49. The molecule has 4 rings (SSSR count). The summed E-state index contributed by atoms with van der Waals surface area (Å²) in [6.45, 7) is 3.47. The number of carbonyl (C=O) groups excluding carboxylic acids is 1. The number of benzene rings is 1. The summed E-state index contributed by atoms with van der Waals surface area (Å²) in [5, 5.41) is 0. The average molecular weight is 246 g/mol. The van der Waals surface area contributed by atoms with Crippen molar-refractivity contribution in [3.63, 3.8) is 0 Å². The van der Waals surface area contributed by atoms with Gasteiger partial charge in [0, 0.05) is 18.8 Å². The Balaban J connectivity index is 1.69. The lowest BCUT2D eigenvalue weighted by Crippen LogP contribution is -2.62. The van der Waals surface area contributed by atoms with E-state index in [-0.39, 0.29) is 12.1 Å². The second-order valence-corrected chi connectivity index (χ2v) is 5.90. The van der Waals surface area contributed by atoms with Gasteiger partial charge < -0.3 is 9.22 Å². The van der Waals surface area contributed by atoms with Gasteiger partial charge in [-0.1, -0.05) is 18.2 Å². The van der Waals surface area contributed by atoms with Crippen LogP contribution >= 0.6 is 0 Å². The third kappa shape index (κ3) is 2.15. The number of ether oxygens (including phenoxy) is 1. The normalized spacial score (nSPS) is 34.3. The molecule has 3 heterocycles. The van der Waals surface area contributed by atoms with Gasteiger partial charge in [-0.3, -0.25) is 0 Å². The van der Waals surface area contributed by atoms with Crippen molar-refractivity contribution < 1.29 is 14.0 Å². The van der Waals surface area contributed by atoms with E-state index in [4.69, 9.17) is 4.74 Å². The molecule has 3 aliphatic rings. The third-order valence-electron chi connectivity index (χ3n) is 4.49. The van der Waals surface area contributed by atoms with E-state index in [1.165, 1.54) is 25.9 Å². The zero-order valence-corrected chi connectivity index (χ0v) is 10.8. The molecule has 0 saturated carbocycles. The van der Waals surface area contributed by atoms with Crippen molar-refractivity contribution in [1.29, 1.82) is 0 Å². The number of rotatable bonds is 2. The number of hydrogen-bond donors (Lipinski definition) is 0. The maximum atomic E-state index is 12.1. The van der Waals surface area contributed by atoms with Crippen LogP contribution in [0.15, 0.2) is 30.3 Å². The molecular formula is C15H20NO2+. The highest BCUT2D eigenvalue weighted by molar-refractivity contribution is 5.89. The van der Waals surface area contributed by atoms with Crippen LogP contribution in [0.4, 0.5) is 0 Å². The van der Waals surface area contributed by atoms with Gasteiger partial charge in [-0.15, -0.1) is 0 Å². The third-order valence-corrected chi connectivity index (χ3v) is 4.49. The van der Waals surface area contributed by atoms with E-state index in [9.17, 15) is 4.79 Å². The molecule has 1 aromatic rings. The van der Waals surface area contributed by atoms with Gasteiger partial charge in [0.15, 0.2) is 6.10 Å². The Hall–Kier alpha value is -1.35. The van der Waals surface area contributed by atoms with Crippen molar-refractivity contribution in [3.8, 4) is 0 Å². The molecule has 1 aromatic carbocycles. The number of carbonyl (C=O) groups is 1. The average Bonchev–Trinajstić information content (AvgIpc) is 2.40. The Morgan fingerprint density at radius 3 is 2.50 bits per heavy atom. The molecule has 3 saturated heterocycles. The minimum absolute atomic E-state index is 0.116. The first-order valence-electron chi connectivity index (χ1n) is 6.76. The van der Waals surface area contributed by atoms with Gasteiger partial charge in [-0.2, -0.15) is 0 Å². The molecule has 0 N–H and O–H groups in total. The fourth-order valence-corrected chi connectivity index (χ4v) is 3.26. The van der Waals surface area contributed by atoms with Gasteiger partial charge >= 0.3 is 5.97 Å². The topological polar surface area (TPSA) is 26.3 Å². The zero-order valence-electron chi connectivity index (χ0n) is 10.8. The molecule has 0 spiro atoms. The Labute approximate surface area is 108 Å². The number of likely N-dealkylation sites (N-methyl/N-ethyl adjacent to an activating group) is 1. The predicted octanol–water partition coefficient (Wildman–Crippen LogP) is 2.08. The molecule has 0 aliphatic carbocycles. The minimum Gasteiger partial charge on any atom is -0.452 e. The van der Waals surface area contributed by atoms with Crippen LogP contribution in [0.5, 0.6) is 0 Å². The predicted molar refractivity (Wildman–Crippen MR) is 69.2 cm³/mol. The fourth-order valence-electron chi connectivity index (χ4n) is 3.26. The highest BCUT2D eigenvalue weighted by Crippen LogP contribution is 2.34. The summed E-state index contributed by atoms with van der Waals surface area (Å²) in [6.07, 6.45) is 2.51. The van der Waals surface area contributed by atoms with Crippen LogP contribution in [-0.2, 0) is 4.74 Å². The van der Waals surface area contributed by atoms with Crippen molar-refractivity contribution in [1.82, 2.24) is 0 Å². The van der Waals surface area contributed by atoms with Gasteiger partial charge in [-0.05, 0) is 12.1 Å². The highest BCUT2D eigenvalue weighted by atomic mass is 16.5.